The fraction of sp³-hybridized carbons (Fsp3) is 0.182. The van der Waals surface area contributed by atoms with Gasteiger partial charge in [0.2, 0.25) is 0 Å². The summed E-state index contributed by atoms with van der Waals surface area (Å²) in [6, 6.07) is 2.88. The number of hydrogen-bond donors (Lipinski definition) is 2. The molecule has 0 radical (unpaired) electrons. The largest absolute Gasteiger partial charge is 0.465 e. The van der Waals surface area contributed by atoms with E-state index in [1.165, 1.54) is 12.1 Å². The molecule has 8 heteroatoms. The van der Waals surface area contributed by atoms with Crippen molar-refractivity contribution in [2.75, 3.05) is 23.3 Å². The fourth-order valence-corrected chi connectivity index (χ4v) is 2.63. The van der Waals surface area contributed by atoms with E-state index in [2.05, 4.69) is 5.32 Å². The van der Waals surface area contributed by atoms with E-state index in [9.17, 15) is 14.9 Å². The summed E-state index contributed by atoms with van der Waals surface area (Å²) in [5, 5.41) is 21.7. The van der Waals surface area contributed by atoms with Crippen LogP contribution in [0.15, 0.2) is 24.3 Å². The average Bonchev–Trinajstić information content (AvgIpc) is 2.83. The highest BCUT2D eigenvalue weighted by Gasteiger charge is 2.21. The summed E-state index contributed by atoms with van der Waals surface area (Å²) in [7, 11) is 0. The Balaban J connectivity index is 2.45. The summed E-state index contributed by atoms with van der Waals surface area (Å²) < 4.78 is 0.712. The molecule has 2 N–H and O–H groups in total. The van der Waals surface area contributed by atoms with Crippen LogP contribution < -0.4 is 10.2 Å². The number of benzene rings is 1. The number of amides is 1. The van der Waals surface area contributed by atoms with Crippen molar-refractivity contribution in [3.8, 4) is 0 Å². The molecular formula is C11H10IN3O4. The van der Waals surface area contributed by atoms with Crippen molar-refractivity contribution in [3.63, 3.8) is 0 Å². The lowest BCUT2D eigenvalue weighted by Crippen LogP contribution is -2.20. The van der Waals surface area contributed by atoms with Gasteiger partial charge in [0.1, 0.15) is 5.69 Å². The molecule has 1 aliphatic rings. The molecule has 0 fully saturated rings. The van der Waals surface area contributed by atoms with Crippen molar-refractivity contribution in [1.29, 1.82) is 0 Å². The van der Waals surface area contributed by atoms with Crippen LogP contribution in [0, 0.1) is 13.7 Å². The summed E-state index contributed by atoms with van der Waals surface area (Å²) in [5.41, 5.74) is 0.516. The maximum Gasteiger partial charge on any atom is 0.409 e. The minimum Gasteiger partial charge on any atom is -0.465 e. The Hall–Kier alpha value is -1.84. The Morgan fingerprint density at radius 2 is 2.05 bits per heavy atom. The van der Waals surface area contributed by atoms with Gasteiger partial charge in [0.05, 0.1) is 10.6 Å². The third kappa shape index (κ3) is 2.95. The van der Waals surface area contributed by atoms with Crippen LogP contribution in [0.1, 0.15) is 0 Å². The number of halogens is 1. The number of nitro benzene ring substituents is 1. The van der Waals surface area contributed by atoms with E-state index in [1.54, 1.807) is 0 Å². The van der Waals surface area contributed by atoms with E-state index in [0.717, 1.165) is 5.69 Å². The van der Waals surface area contributed by atoms with Crippen LogP contribution in [0.4, 0.5) is 21.9 Å². The van der Waals surface area contributed by atoms with Crippen molar-refractivity contribution in [2.24, 2.45) is 0 Å². The molecule has 100 valence electrons. The van der Waals surface area contributed by atoms with Crippen molar-refractivity contribution in [3.05, 3.63) is 38.0 Å². The maximum atomic E-state index is 10.9. The van der Waals surface area contributed by atoms with E-state index in [1.807, 2.05) is 39.6 Å². The van der Waals surface area contributed by atoms with Crippen molar-refractivity contribution in [2.45, 2.75) is 0 Å². The highest BCUT2D eigenvalue weighted by atomic mass is 127. The Morgan fingerprint density at radius 1 is 1.42 bits per heavy atom. The quantitative estimate of drug-likeness (QED) is 0.367. The van der Waals surface area contributed by atoms with Gasteiger partial charge in [-0.05, 0) is 28.7 Å². The molecule has 0 aliphatic carbocycles. The van der Waals surface area contributed by atoms with Gasteiger partial charge in [-0.1, -0.05) is 12.2 Å². The van der Waals surface area contributed by atoms with Gasteiger partial charge in [-0.15, -0.1) is 0 Å². The molecule has 0 bridgehead atoms. The van der Waals surface area contributed by atoms with E-state index in [4.69, 9.17) is 5.11 Å². The fourth-order valence-electron chi connectivity index (χ4n) is 1.83. The second-order valence-electron chi connectivity index (χ2n) is 3.88. The average molecular weight is 375 g/mol. The molecule has 0 atom stereocenters. The van der Waals surface area contributed by atoms with Crippen LogP contribution in [0.5, 0.6) is 0 Å². The first-order valence-electron chi connectivity index (χ1n) is 5.37. The topological polar surface area (TPSA) is 95.7 Å². The highest BCUT2D eigenvalue weighted by Crippen LogP contribution is 2.34. The van der Waals surface area contributed by atoms with Crippen LogP contribution in [0.25, 0.3) is 0 Å². The van der Waals surface area contributed by atoms with Gasteiger partial charge in [-0.25, -0.2) is 4.79 Å². The predicted molar refractivity (Wildman–Crippen MR) is 78.8 cm³/mol. The van der Waals surface area contributed by atoms with E-state index < -0.39 is 11.0 Å². The minimum absolute atomic E-state index is 0.0141. The second kappa shape index (κ2) is 5.43. The van der Waals surface area contributed by atoms with Crippen LogP contribution in [-0.2, 0) is 0 Å². The molecule has 2 rings (SSSR count). The first kappa shape index (κ1) is 13.6. The number of anilines is 2. The SMILES string of the molecule is O=C(O)Nc1cc(N2CC=CC2)c(I)cc1[N+](=O)[O-]. The second-order valence-corrected chi connectivity index (χ2v) is 5.05. The molecule has 1 heterocycles. The Kier molecular flexibility index (Phi) is 3.88. The molecule has 0 aromatic heterocycles. The van der Waals surface area contributed by atoms with Gasteiger partial charge in [0.15, 0.2) is 0 Å². The van der Waals surface area contributed by atoms with Crippen molar-refractivity contribution in [1.82, 2.24) is 0 Å². The molecule has 1 aromatic rings. The normalized spacial score (nSPS) is 13.6. The number of carbonyl (C=O) groups is 1. The molecule has 19 heavy (non-hydrogen) atoms. The first-order chi connectivity index (χ1) is 8.99. The summed E-state index contributed by atoms with van der Waals surface area (Å²) in [6.07, 6.45) is 2.65. The first-order valence-corrected chi connectivity index (χ1v) is 6.44. The van der Waals surface area contributed by atoms with Gasteiger partial charge in [0, 0.05) is 22.7 Å². The Bertz CT molecular complexity index is 565. The number of rotatable bonds is 3. The summed E-state index contributed by atoms with van der Waals surface area (Å²) in [4.78, 5) is 23.0. The predicted octanol–water partition coefficient (Wildman–Crippen LogP) is 2.67. The molecule has 0 unspecified atom stereocenters. The third-order valence-electron chi connectivity index (χ3n) is 2.66. The van der Waals surface area contributed by atoms with Crippen LogP contribution in [0.3, 0.4) is 0 Å². The summed E-state index contributed by atoms with van der Waals surface area (Å²) >= 11 is 2.01. The van der Waals surface area contributed by atoms with E-state index in [-0.39, 0.29) is 11.4 Å². The van der Waals surface area contributed by atoms with Gasteiger partial charge in [-0.3, -0.25) is 15.4 Å². The van der Waals surface area contributed by atoms with Gasteiger partial charge in [0.25, 0.3) is 5.69 Å². The molecule has 1 amide bonds. The highest BCUT2D eigenvalue weighted by molar-refractivity contribution is 14.1. The van der Waals surface area contributed by atoms with Gasteiger partial charge < -0.3 is 10.0 Å². The van der Waals surface area contributed by atoms with E-state index in [0.29, 0.717) is 16.7 Å². The molecule has 1 aromatic carbocycles. The maximum absolute atomic E-state index is 10.9. The Morgan fingerprint density at radius 3 is 2.58 bits per heavy atom. The van der Waals surface area contributed by atoms with Crippen LogP contribution in [-0.4, -0.2) is 29.2 Å². The smallest absolute Gasteiger partial charge is 0.409 e. The van der Waals surface area contributed by atoms with E-state index >= 15 is 0 Å². The monoisotopic (exact) mass is 375 g/mol. The molecule has 1 aliphatic heterocycles. The van der Waals surface area contributed by atoms with Crippen molar-refractivity contribution >= 4 is 45.7 Å². The van der Waals surface area contributed by atoms with Crippen molar-refractivity contribution < 1.29 is 14.8 Å². The van der Waals surface area contributed by atoms with Gasteiger partial charge in [-0.2, -0.15) is 0 Å². The van der Waals surface area contributed by atoms with Crippen LogP contribution in [0.2, 0.25) is 0 Å². The number of nitro groups is 1. The number of carboxylic acid groups (broad SMARTS) is 1. The Labute approximate surface area is 122 Å². The number of hydrogen-bond acceptors (Lipinski definition) is 4. The zero-order chi connectivity index (χ0) is 14.0. The summed E-state index contributed by atoms with van der Waals surface area (Å²) in [6.45, 7) is 1.42. The number of nitrogens with one attached hydrogen (secondary N) is 1. The minimum atomic E-state index is -1.32. The molecule has 0 saturated heterocycles. The van der Waals surface area contributed by atoms with Gasteiger partial charge >= 0.3 is 6.09 Å². The lowest BCUT2D eigenvalue weighted by molar-refractivity contribution is -0.384. The lowest BCUT2D eigenvalue weighted by Gasteiger charge is -2.20. The standard InChI is InChI=1S/C11H10IN3O4/c12-7-5-10(15(18)19)8(13-11(16)17)6-9(7)14-3-1-2-4-14/h1-2,5-6,13H,3-4H2,(H,16,17). The number of nitrogens with zero attached hydrogens (tertiary/aromatic N) is 2. The lowest BCUT2D eigenvalue weighted by atomic mass is 10.2. The molecule has 0 saturated carbocycles. The molecule has 7 nitrogen and oxygen atoms in total. The van der Waals surface area contributed by atoms with Crippen LogP contribution >= 0.6 is 22.6 Å². The molecule has 0 spiro atoms. The molecular weight excluding hydrogens is 365 g/mol. The third-order valence-corrected chi connectivity index (χ3v) is 3.53. The zero-order valence-corrected chi connectivity index (χ0v) is 11.8. The zero-order valence-electron chi connectivity index (χ0n) is 9.67. The summed E-state index contributed by atoms with van der Waals surface area (Å²) in [5.74, 6) is 0.